The third-order valence-electron chi connectivity index (χ3n) is 2.80. The van der Waals surface area contributed by atoms with Gasteiger partial charge in [0, 0.05) is 11.9 Å². The van der Waals surface area contributed by atoms with Crippen LogP contribution in [0.2, 0.25) is 4.34 Å². The molecule has 0 saturated carbocycles. The zero-order valence-corrected chi connectivity index (χ0v) is 12.2. The molecule has 0 bridgehead atoms. The molecule has 2 aromatic rings. The summed E-state index contributed by atoms with van der Waals surface area (Å²) in [6, 6.07) is 10.3. The normalized spacial score (nSPS) is 10.1. The Morgan fingerprint density at radius 2 is 2.20 bits per heavy atom. The van der Waals surface area contributed by atoms with Gasteiger partial charge >= 0.3 is 5.97 Å². The van der Waals surface area contributed by atoms with Crippen LogP contribution in [-0.4, -0.2) is 18.1 Å². The fourth-order valence-corrected chi connectivity index (χ4v) is 2.99. The topological polar surface area (TPSA) is 64.3 Å². The Bertz CT molecular complexity index is 691. The number of rotatable bonds is 4. The molecule has 1 N–H and O–H groups in total. The Kier molecular flexibility index (Phi) is 4.28. The third kappa shape index (κ3) is 3.10. The van der Waals surface area contributed by atoms with Crippen molar-refractivity contribution in [1.29, 1.82) is 5.26 Å². The van der Waals surface area contributed by atoms with Gasteiger partial charge in [0.2, 0.25) is 0 Å². The first kappa shape index (κ1) is 14.4. The van der Waals surface area contributed by atoms with Crippen molar-refractivity contribution >= 4 is 34.6 Å². The van der Waals surface area contributed by atoms with Crippen molar-refractivity contribution in [2.75, 3.05) is 11.9 Å². The van der Waals surface area contributed by atoms with Gasteiger partial charge in [-0.2, -0.15) is 5.26 Å². The molecule has 0 radical (unpaired) electrons. The van der Waals surface area contributed by atoms with Crippen molar-refractivity contribution in [3.05, 3.63) is 50.7 Å². The molecule has 0 amide bonds. The van der Waals surface area contributed by atoms with Gasteiger partial charge in [0.1, 0.15) is 6.07 Å². The summed E-state index contributed by atoms with van der Waals surface area (Å²) in [5, 5.41) is 18.1. The fourth-order valence-electron chi connectivity index (χ4n) is 1.85. The van der Waals surface area contributed by atoms with E-state index in [1.807, 2.05) is 30.1 Å². The van der Waals surface area contributed by atoms with Crippen LogP contribution in [0.3, 0.4) is 0 Å². The summed E-state index contributed by atoms with van der Waals surface area (Å²) in [6.07, 6.45) is 0. The molecule has 0 atom stereocenters. The lowest BCUT2D eigenvalue weighted by molar-refractivity contribution is 0.0697. The number of carboxylic acid groups (broad SMARTS) is 1. The van der Waals surface area contributed by atoms with E-state index in [2.05, 4.69) is 0 Å². The molecular weight excluding hydrogens is 296 g/mol. The molecule has 1 aromatic carbocycles. The number of nitriles is 1. The van der Waals surface area contributed by atoms with E-state index in [0.29, 0.717) is 17.8 Å². The molecule has 6 heteroatoms. The van der Waals surface area contributed by atoms with Gasteiger partial charge in [0.25, 0.3) is 0 Å². The predicted octanol–water partition coefficient (Wildman–Crippen LogP) is 3.61. The molecule has 1 heterocycles. The van der Waals surface area contributed by atoms with Gasteiger partial charge in [-0.3, -0.25) is 0 Å². The van der Waals surface area contributed by atoms with Crippen LogP contribution >= 0.6 is 22.9 Å². The van der Waals surface area contributed by atoms with Crippen LogP contribution in [0.1, 0.15) is 20.8 Å². The molecule has 1 aromatic heterocycles. The second-order valence-electron chi connectivity index (χ2n) is 4.21. The maximum atomic E-state index is 10.9. The molecule has 102 valence electrons. The Balaban J connectivity index is 2.27. The van der Waals surface area contributed by atoms with Crippen LogP contribution in [0, 0.1) is 11.3 Å². The van der Waals surface area contributed by atoms with Crippen molar-refractivity contribution < 1.29 is 9.90 Å². The number of aromatic carboxylic acids is 1. The van der Waals surface area contributed by atoms with E-state index in [0.717, 1.165) is 9.21 Å². The SMILES string of the molecule is CN(Cc1ccc(Cl)s1)c1ccc(C(=O)O)cc1C#N. The molecule has 0 unspecified atom stereocenters. The molecule has 0 aliphatic heterocycles. The van der Waals surface area contributed by atoms with E-state index in [9.17, 15) is 4.79 Å². The lowest BCUT2D eigenvalue weighted by Crippen LogP contribution is -2.17. The summed E-state index contributed by atoms with van der Waals surface area (Å²) < 4.78 is 0.718. The van der Waals surface area contributed by atoms with Crippen molar-refractivity contribution in [3.8, 4) is 6.07 Å². The molecule has 2 rings (SSSR count). The second-order valence-corrected chi connectivity index (χ2v) is 6.01. The van der Waals surface area contributed by atoms with Crippen LogP contribution < -0.4 is 4.90 Å². The number of hydrogen-bond acceptors (Lipinski definition) is 4. The minimum absolute atomic E-state index is 0.109. The molecule has 0 aliphatic carbocycles. The van der Waals surface area contributed by atoms with E-state index in [-0.39, 0.29) is 5.56 Å². The summed E-state index contributed by atoms with van der Waals surface area (Å²) in [5.74, 6) is -1.04. The van der Waals surface area contributed by atoms with E-state index >= 15 is 0 Å². The van der Waals surface area contributed by atoms with Crippen molar-refractivity contribution in [2.24, 2.45) is 0 Å². The van der Waals surface area contributed by atoms with Crippen molar-refractivity contribution in [3.63, 3.8) is 0 Å². The largest absolute Gasteiger partial charge is 0.478 e. The number of hydrogen-bond donors (Lipinski definition) is 1. The Hall–Kier alpha value is -2.03. The van der Waals surface area contributed by atoms with E-state index in [1.54, 1.807) is 6.07 Å². The lowest BCUT2D eigenvalue weighted by Gasteiger charge is -2.20. The summed E-state index contributed by atoms with van der Waals surface area (Å²) in [7, 11) is 1.85. The second kappa shape index (κ2) is 5.95. The molecule has 0 fully saturated rings. The summed E-state index contributed by atoms with van der Waals surface area (Å²) in [5.41, 5.74) is 1.15. The first-order valence-corrected chi connectivity index (χ1v) is 6.93. The molecular formula is C14H11ClN2O2S. The zero-order chi connectivity index (χ0) is 14.7. The van der Waals surface area contributed by atoms with Crippen LogP contribution in [0.5, 0.6) is 0 Å². The van der Waals surface area contributed by atoms with Crippen LogP contribution in [-0.2, 0) is 6.54 Å². The highest BCUT2D eigenvalue weighted by atomic mass is 35.5. The van der Waals surface area contributed by atoms with E-state index in [4.69, 9.17) is 22.0 Å². The number of carbonyl (C=O) groups is 1. The number of carboxylic acids is 1. The quantitative estimate of drug-likeness (QED) is 0.937. The maximum Gasteiger partial charge on any atom is 0.335 e. The molecule has 0 aliphatic rings. The zero-order valence-electron chi connectivity index (χ0n) is 10.6. The number of halogens is 1. The molecule has 0 spiro atoms. The summed E-state index contributed by atoms with van der Waals surface area (Å²) >= 11 is 7.37. The van der Waals surface area contributed by atoms with Gasteiger partial charge < -0.3 is 10.0 Å². The number of benzene rings is 1. The van der Waals surface area contributed by atoms with E-state index < -0.39 is 5.97 Å². The Labute approximate surface area is 125 Å². The Morgan fingerprint density at radius 1 is 1.45 bits per heavy atom. The minimum Gasteiger partial charge on any atom is -0.478 e. The maximum absolute atomic E-state index is 10.9. The first-order chi connectivity index (χ1) is 9.51. The highest BCUT2D eigenvalue weighted by molar-refractivity contribution is 7.16. The molecule has 20 heavy (non-hydrogen) atoms. The van der Waals surface area contributed by atoms with Gasteiger partial charge in [0.15, 0.2) is 0 Å². The monoisotopic (exact) mass is 306 g/mol. The highest BCUT2D eigenvalue weighted by Crippen LogP contribution is 2.26. The number of thiophene rings is 1. The minimum atomic E-state index is -1.04. The van der Waals surface area contributed by atoms with Gasteiger partial charge in [-0.25, -0.2) is 4.79 Å². The predicted molar refractivity (Wildman–Crippen MR) is 79.6 cm³/mol. The Morgan fingerprint density at radius 3 is 2.75 bits per heavy atom. The van der Waals surface area contributed by atoms with Gasteiger partial charge in [-0.1, -0.05) is 11.6 Å². The fraction of sp³-hybridized carbons (Fsp3) is 0.143. The van der Waals surface area contributed by atoms with Crippen LogP contribution in [0.4, 0.5) is 5.69 Å². The highest BCUT2D eigenvalue weighted by Gasteiger charge is 2.12. The molecule has 0 saturated heterocycles. The number of anilines is 1. The summed E-state index contributed by atoms with van der Waals surface area (Å²) in [6.45, 7) is 0.610. The van der Waals surface area contributed by atoms with Gasteiger partial charge in [-0.15, -0.1) is 11.3 Å². The van der Waals surface area contributed by atoms with Crippen molar-refractivity contribution in [1.82, 2.24) is 0 Å². The summed E-state index contributed by atoms with van der Waals surface area (Å²) in [4.78, 5) is 13.9. The van der Waals surface area contributed by atoms with Gasteiger partial charge in [-0.05, 0) is 30.3 Å². The van der Waals surface area contributed by atoms with Gasteiger partial charge in [0.05, 0.1) is 27.7 Å². The van der Waals surface area contributed by atoms with Crippen LogP contribution in [0.25, 0.3) is 0 Å². The smallest absolute Gasteiger partial charge is 0.335 e. The average Bonchev–Trinajstić information content (AvgIpc) is 2.83. The van der Waals surface area contributed by atoms with Crippen LogP contribution in [0.15, 0.2) is 30.3 Å². The average molecular weight is 307 g/mol. The number of nitrogens with zero attached hydrogens (tertiary/aromatic N) is 2. The standard InChI is InChI=1S/C14H11ClN2O2S/c1-17(8-11-3-5-13(15)20-11)12-4-2-9(14(18)19)6-10(12)7-16/h2-6H,8H2,1H3,(H,18,19). The lowest BCUT2D eigenvalue weighted by atomic mass is 10.1. The van der Waals surface area contributed by atoms with E-state index in [1.165, 1.54) is 23.5 Å². The van der Waals surface area contributed by atoms with Crippen molar-refractivity contribution in [2.45, 2.75) is 6.54 Å². The first-order valence-electron chi connectivity index (χ1n) is 5.74. The molecule has 4 nitrogen and oxygen atoms in total. The third-order valence-corrected chi connectivity index (χ3v) is 4.01.